The molecule has 0 aromatic heterocycles. The maximum absolute atomic E-state index is 10.4. The van der Waals surface area contributed by atoms with Crippen LogP contribution in [0.25, 0.3) is 0 Å². The Labute approximate surface area is 61.0 Å². The lowest BCUT2D eigenvalue weighted by Crippen LogP contribution is -2.35. The molecule has 0 unspecified atom stereocenters. The third kappa shape index (κ3) is 3.06. The van der Waals surface area contributed by atoms with Crippen LogP contribution in [0, 0.1) is 0 Å². The van der Waals surface area contributed by atoms with E-state index in [0.717, 1.165) is 0 Å². The monoisotopic (exact) mass is 147 g/mol. The van der Waals surface area contributed by atoms with Crippen LogP contribution in [0.2, 0.25) is 0 Å². The second kappa shape index (κ2) is 4.78. The maximum atomic E-state index is 10.4. The van der Waals surface area contributed by atoms with E-state index in [1.807, 2.05) is 0 Å². The number of amides is 1. The Morgan fingerprint density at radius 1 is 1.90 bits per heavy atom. The quantitative estimate of drug-likeness (QED) is 0.593. The topological polar surface area (TPSA) is 55.4 Å². The van der Waals surface area contributed by atoms with Gasteiger partial charge in [-0.25, -0.2) is 4.79 Å². The Morgan fingerprint density at radius 3 is 2.80 bits per heavy atom. The Balaban J connectivity index is 0. The van der Waals surface area contributed by atoms with Crippen LogP contribution < -0.4 is 5.32 Å². The molecule has 0 saturated heterocycles. The molecular weight excluding hydrogens is 134 g/mol. The molecule has 0 radical (unpaired) electrons. The molecule has 0 saturated carbocycles. The van der Waals surface area contributed by atoms with Crippen molar-refractivity contribution in [3.63, 3.8) is 0 Å². The lowest BCUT2D eigenvalue weighted by Gasteiger charge is -2.07. The summed E-state index contributed by atoms with van der Waals surface area (Å²) in [5, 5.41) is 2.34. The van der Waals surface area contributed by atoms with Gasteiger partial charge < -0.3 is 14.8 Å². The predicted octanol–water partition coefficient (Wildman–Crippen LogP) is 0.566. The smallest absolute Gasteiger partial charge is 0.407 e. The Morgan fingerprint density at radius 2 is 2.50 bits per heavy atom. The van der Waals surface area contributed by atoms with Gasteiger partial charge in [-0.1, -0.05) is 6.92 Å². The first-order valence-corrected chi connectivity index (χ1v) is 3.04. The standard InChI is InChI=1S/C6H11NO3.H2/c1-3-5(4-8)7-6(9)10-2;/h4-5H,3H2,1-2H3,(H,7,9);1H/t5-;/m1./s1. The van der Waals surface area contributed by atoms with E-state index >= 15 is 0 Å². The number of carbonyl (C=O) groups excluding carboxylic acids is 2. The van der Waals surface area contributed by atoms with Gasteiger partial charge in [-0.05, 0) is 6.42 Å². The first-order chi connectivity index (χ1) is 4.74. The first kappa shape index (κ1) is 8.94. The summed E-state index contributed by atoms with van der Waals surface area (Å²) in [5.41, 5.74) is 0. The molecule has 0 aliphatic heterocycles. The number of rotatable bonds is 3. The van der Waals surface area contributed by atoms with E-state index in [1.165, 1.54) is 7.11 Å². The third-order valence-corrected chi connectivity index (χ3v) is 1.09. The zero-order chi connectivity index (χ0) is 7.98. The van der Waals surface area contributed by atoms with Crippen molar-refractivity contribution in [2.75, 3.05) is 7.11 Å². The van der Waals surface area contributed by atoms with Crippen molar-refractivity contribution in [2.45, 2.75) is 19.4 Å². The molecule has 1 atom stereocenters. The van der Waals surface area contributed by atoms with Crippen LogP contribution in [0.5, 0.6) is 0 Å². The van der Waals surface area contributed by atoms with Crippen LogP contribution in [0.1, 0.15) is 14.8 Å². The van der Waals surface area contributed by atoms with E-state index in [2.05, 4.69) is 10.1 Å². The second-order valence-corrected chi connectivity index (χ2v) is 1.79. The molecule has 0 aromatic carbocycles. The van der Waals surface area contributed by atoms with Crippen LogP contribution in [0.3, 0.4) is 0 Å². The van der Waals surface area contributed by atoms with Crippen molar-refractivity contribution in [1.29, 1.82) is 0 Å². The molecule has 0 spiro atoms. The molecule has 0 bridgehead atoms. The summed E-state index contributed by atoms with van der Waals surface area (Å²) in [4.78, 5) is 20.6. The molecule has 0 fully saturated rings. The minimum atomic E-state index is -0.570. The van der Waals surface area contributed by atoms with Crippen molar-refractivity contribution in [3.05, 3.63) is 0 Å². The second-order valence-electron chi connectivity index (χ2n) is 1.79. The number of ether oxygens (including phenoxy) is 1. The van der Waals surface area contributed by atoms with Crippen molar-refractivity contribution in [1.82, 2.24) is 5.32 Å². The average Bonchev–Trinajstić information content (AvgIpc) is 1.99. The number of methoxy groups -OCH3 is 1. The molecule has 10 heavy (non-hydrogen) atoms. The van der Waals surface area contributed by atoms with E-state index in [0.29, 0.717) is 12.7 Å². The van der Waals surface area contributed by atoms with Gasteiger partial charge in [-0.3, -0.25) is 0 Å². The molecule has 4 heteroatoms. The third-order valence-electron chi connectivity index (χ3n) is 1.09. The van der Waals surface area contributed by atoms with E-state index in [1.54, 1.807) is 6.92 Å². The van der Waals surface area contributed by atoms with Crippen LogP contribution in [-0.4, -0.2) is 25.5 Å². The highest BCUT2D eigenvalue weighted by Crippen LogP contribution is 1.85. The Hall–Kier alpha value is -1.06. The molecule has 0 aromatic rings. The first-order valence-electron chi connectivity index (χ1n) is 3.04. The summed E-state index contributed by atoms with van der Waals surface area (Å²) in [6, 6.07) is -0.424. The Kier molecular flexibility index (Phi) is 4.28. The van der Waals surface area contributed by atoms with Gasteiger partial charge in [0.25, 0.3) is 0 Å². The number of hydrogen-bond acceptors (Lipinski definition) is 3. The largest absolute Gasteiger partial charge is 0.453 e. The van der Waals surface area contributed by atoms with Crippen molar-refractivity contribution in [2.24, 2.45) is 0 Å². The summed E-state index contributed by atoms with van der Waals surface area (Å²) in [5.74, 6) is 0. The minimum absolute atomic E-state index is 0. The molecule has 0 aliphatic carbocycles. The highest BCUT2D eigenvalue weighted by molar-refractivity contribution is 5.72. The van der Waals surface area contributed by atoms with Gasteiger partial charge in [-0.15, -0.1) is 0 Å². The summed E-state index contributed by atoms with van der Waals surface area (Å²) in [6.07, 6.45) is 0.689. The van der Waals surface area contributed by atoms with Gasteiger partial charge in [0.2, 0.25) is 0 Å². The van der Waals surface area contributed by atoms with Gasteiger partial charge in [0.15, 0.2) is 0 Å². The maximum Gasteiger partial charge on any atom is 0.407 e. The average molecular weight is 147 g/mol. The fourth-order valence-electron chi connectivity index (χ4n) is 0.443. The van der Waals surface area contributed by atoms with Crippen LogP contribution in [0.4, 0.5) is 4.79 Å². The summed E-state index contributed by atoms with van der Waals surface area (Å²) in [6.45, 7) is 1.80. The normalized spacial score (nSPS) is 11.8. The highest BCUT2D eigenvalue weighted by Gasteiger charge is 2.06. The zero-order valence-corrected chi connectivity index (χ0v) is 6.09. The van der Waals surface area contributed by atoms with Crippen molar-refractivity contribution >= 4 is 12.4 Å². The minimum Gasteiger partial charge on any atom is -0.453 e. The van der Waals surface area contributed by atoms with Gasteiger partial charge in [0, 0.05) is 1.43 Å². The van der Waals surface area contributed by atoms with Crippen molar-refractivity contribution < 1.29 is 15.8 Å². The van der Waals surface area contributed by atoms with Crippen LogP contribution in [-0.2, 0) is 9.53 Å². The summed E-state index contributed by atoms with van der Waals surface area (Å²) in [7, 11) is 1.26. The fourth-order valence-corrected chi connectivity index (χ4v) is 0.443. The Bertz CT molecular complexity index is 129. The van der Waals surface area contributed by atoms with E-state index in [4.69, 9.17) is 0 Å². The van der Waals surface area contributed by atoms with Crippen LogP contribution >= 0.6 is 0 Å². The molecule has 4 nitrogen and oxygen atoms in total. The number of nitrogens with one attached hydrogen (secondary N) is 1. The molecule has 0 heterocycles. The number of hydrogen-bond donors (Lipinski definition) is 1. The van der Waals surface area contributed by atoms with E-state index in [9.17, 15) is 9.59 Å². The van der Waals surface area contributed by atoms with Gasteiger partial charge >= 0.3 is 6.09 Å². The zero-order valence-electron chi connectivity index (χ0n) is 6.09. The van der Waals surface area contributed by atoms with Gasteiger partial charge in [-0.2, -0.15) is 0 Å². The van der Waals surface area contributed by atoms with Crippen molar-refractivity contribution in [3.8, 4) is 0 Å². The molecular formula is C6H13NO3. The molecule has 60 valence electrons. The molecule has 1 amide bonds. The number of alkyl carbamates (subject to hydrolysis) is 1. The van der Waals surface area contributed by atoms with E-state index < -0.39 is 12.1 Å². The number of carbonyl (C=O) groups is 2. The fraction of sp³-hybridized carbons (Fsp3) is 0.667. The lowest BCUT2D eigenvalue weighted by molar-refractivity contribution is -0.109. The van der Waals surface area contributed by atoms with E-state index in [-0.39, 0.29) is 1.43 Å². The predicted molar refractivity (Wildman–Crippen MR) is 37.8 cm³/mol. The van der Waals surface area contributed by atoms with Gasteiger partial charge in [0.1, 0.15) is 6.29 Å². The summed E-state index contributed by atoms with van der Waals surface area (Å²) >= 11 is 0. The van der Waals surface area contributed by atoms with Crippen LogP contribution in [0.15, 0.2) is 0 Å². The highest BCUT2D eigenvalue weighted by atomic mass is 16.5. The molecule has 0 aliphatic rings. The molecule has 0 rings (SSSR count). The molecule has 1 N–H and O–H groups in total. The SMILES string of the molecule is CC[C@H](C=O)NC(=O)OC.[HH]. The number of aldehydes is 1. The summed E-state index contributed by atoms with van der Waals surface area (Å²) < 4.78 is 4.28. The lowest BCUT2D eigenvalue weighted by atomic mass is 10.3. The van der Waals surface area contributed by atoms with Gasteiger partial charge in [0.05, 0.1) is 13.2 Å².